The quantitative estimate of drug-likeness (QED) is 0.812. The van der Waals surface area contributed by atoms with Crippen LogP contribution in [0.4, 0.5) is 8.78 Å². The minimum atomic E-state index is -1.03. The van der Waals surface area contributed by atoms with Crippen LogP contribution in [0.1, 0.15) is 27.2 Å². The second-order valence-electron chi connectivity index (χ2n) is 5.35. The molecule has 4 nitrogen and oxygen atoms in total. The van der Waals surface area contributed by atoms with E-state index in [4.69, 9.17) is 4.74 Å². The SMILES string of the molecule is CC(C)CC(CO)NC(=O)C(C)Oc1ccc(F)c(F)c1. The lowest BCUT2D eigenvalue weighted by molar-refractivity contribution is -0.128. The normalized spacial score (nSPS) is 13.9. The van der Waals surface area contributed by atoms with Crippen molar-refractivity contribution in [3.8, 4) is 5.75 Å². The number of ether oxygens (including phenoxy) is 1. The Labute approximate surface area is 123 Å². The van der Waals surface area contributed by atoms with Crippen molar-refractivity contribution in [2.24, 2.45) is 5.92 Å². The first kappa shape index (κ1) is 17.4. The number of hydrogen-bond acceptors (Lipinski definition) is 3. The summed E-state index contributed by atoms with van der Waals surface area (Å²) >= 11 is 0. The summed E-state index contributed by atoms with van der Waals surface area (Å²) in [5, 5.41) is 11.9. The first-order valence-corrected chi connectivity index (χ1v) is 6.86. The Bertz CT molecular complexity index is 480. The van der Waals surface area contributed by atoms with Gasteiger partial charge in [-0.05, 0) is 31.4 Å². The van der Waals surface area contributed by atoms with Crippen LogP contribution in [0.3, 0.4) is 0 Å². The molecule has 0 bridgehead atoms. The van der Waals surface area contributed by atoms with E-state index in [0.717, 1.165) is 12.1 Å². The second kappa shape index (κ2) is 7.93. The summed E-state index contributed by atoms with van der Waals surface area (Å²) in [7, 11) is 0. The highest BCUT2D eigenvalue weighted by Gasteiger charge is 2.19. The van der Waals surface area contributed by atoms with E-state index >= 15 is 0 Å². The maximum atomic E-state index is 13.1. The molecule has 1 aromatic carbocycles. The van der Waals surface area contributed by atoms with Gasteiger partial charge in [0.2, 0.25) is 0 Å². The highest BCUT2D eigenvalue weighted by atomic mass is 19.2. The summed E-state index contributed by atoms with van der Waals surface area (Å²) in [5.74, 6) is -2.03. The molecule has 0 heterocycles. The largest absolute Gasteiger partial charge is 0.481 e. The van der Waals surface area contributed by atoms with Crippen molar-refractivity contribution in [2.75, 3.05) is 6.61 Å². The van der Waals surface area contributed by atoms with Crippen LogP contribution in [-0.4, -0.2) is 29.8 Å². The maximum absolute atomic E-state index is 13.1. The van der Waals surface area contributed by atoms with Gasteiger partial charge in [-0.2, -0.15) is 0 Å². The Kier molecular flexibility index (Phi) is 6.55. The molecule has 0 saturated heterocycles. The first-order valence-electron chi connectivity index (χ1n) is 6.86. The predicted molar refractivity (Wildman–Crippen MR) is 74.9 cm³/mol. The van der Waals surface area contributed by atoms with E-state index in [9.17, 15) is 18.7 Å². The Morgan fingerprint density at radius 2 is 1.95 bits per heavy atom. The van der Waals surface area contributed by atoms with Gasteiger partial charge in [-0.25, -0.2) is 8.78 Å². The molecule has 2 unspecified atom stereocenters. The van der Waals surface area contributed by atoms with E-state index < -0.39 is 23.6 Å². The number of hydrogen-bond donors (Lipinski definition) is 2. The fourth-order valence-electron chi connectivity index (χ4n) is 1.87. The van der Waals surface area contributed by atoms with Gasteiger partial charge in [-0.15, -0.1) is 0 Å². The zero-order valence-corrected chi connectivity index (χ0v) is 12.4. The van der Waals surface area contributed by atoms with Crippen LogP contribution in [0, 0.1) is 17.6 Å². The van der Waals surface area contributed by atoms with Gasteiger partial charge in [0.1, 0.15) is 5.75 Å². The molecule has 118 valence electrons. The summed E-state index contributed by atoms with van der Waals surface area (Å²) in [6.07, 6.45) is -0.240. The number of amides is 1. The van der Waals surface area contributed by atoms with Crippen molar-refractivity contribution < 1.29 is 23.4 Å². The molecule has 1 rings (SSSR count). The summed E-state index contributed by atoms with van der Waals surface area (Å²) in [6.45, 7) is 5.30. The Hall–Kier alpha value is -1.69. The minimum absolute atomic E-state index is 0.0703. The molecule has 0 saturated carbocycles. The van der Waals surface area contributed by atoms with Crippen LogP contribution in [0.15, 0.2) is 18.2 Å². The standard InChI is InChI=1S/C15H21F2NO3/c1-9(2)6-11(8-19)18-15(20)10(3)21-12-4-5-13(16)14(17)7-12/h4-5,7,9-11,19H,6,8H2,1-3H3,(H,18,20). The number of carbonyl (C=O) groups excluding carboxylic acids is 1. The molecule has 0 radical (unpaired) electrons. The van der Waals surface area contributed by atoms with Crippen LogP contribution in [0.2, 0.25) is 0 Å². The van der Waals surface area contributed by atoms with Crippen molar-refractivity contribution in [1.29, 1.82) is 0 Å². The number of halogens is 2. The Morgan fingerprint density at radius 1 is 1.29 bits per heavy atom. The highest BCUT2D eigenvalue weighted by molar-refractivity contribution is 5.81. The molecule has 6 heteroatoms. The molecule has 0 aromatic heterocycles. The zero-order chi connectivity index (χ0) is 16.0. The molecule has 0 aliphatic heterocycles. The number of nitrogens with one attached hydrogen (secondary N) is 1. The average molecular weight is 301 g/mol. The summed E-state index contributed by atoms with van der Waals surface area (Å²) in [4.78, 5) is 11.9. The first-order chi connectivity index (χ1) is 9.83. The maximum Gasteiger partial charge on any atom is 0.261 e. The molecule has 0 aliphatic rings. The fraction of sp³-hybridized carbons (Fsp3) is 0.533. The lowest BCUT2D eigenvalue weighted by Gasteiger charge is -2.21. The average Bonchev–Trinajstić information content (AvgIpc) is 2.41. The third-order valence-corrected chi connectivity index (χ3v) is 2.90. The molecule has 1 aromatic rings. The minimum Gasteiger partial charge on any atom is -0.481 e. The number of aliphatic hydroxyl groups excluding tert-OH is 1. The Balaban J connectivity index is 2.59. The topological polar surface area (TPSA) is 58.6 Å². The van der Waals surface area contributed by atoms with Gasteiger partial charge in [0, 0.05) is 6.07 Å². The molecular formula is C15H21F2NO3. The molecule has 2 atom stereocenters. The number of aliphatic hydroxyl groups is 1. The van der Waals surface area contributed by atoms with E-state index in [0.29, 0.717) is 12.3 Å². The van der Waals surface area contributed by atoms with Gasteiger partial charge in [0.05, 0.1) is 12.6 Å². The lowest BCUT2D eigenvalue weighted by atomic mass is 10.0. The predicted octanol–water partition coefficient (Wildman–Crippen LogP) is 2.26. The summed E-state index contributed by atoms with van der Waals surface area (Å²) < 4.78 is 31.1. The van der Waals surface area contributed by atoms with E-state index in [-0.39, 0.29) is 18.4 Å². The van der Waals surface area contributed by atoms with Crippen molar-refractivity contribution >= 4 is 5.91 Å². The van der Waals surface area contributed by atoms with Crippen LogP contribution < -0.4 is 10.1 Å². The van der Waals surface area contributed by atoms with Gasteiger partial charge in [-0.3, -0.25) is 4.79 Å². The van der Waals surface area contributed by atoms with E-state index in [1.807, 2.05) is 13.8 Å². The van der Waals surface area contributed by atoms with Gasteiger partial charge < -0.3 is 15.2 Å². The van der Waals surface area contributed by atoms with Crippen molar-refractivity contribution in [2.45, 2.75) is 39.3 Å². The van der Waals surface area contributed by atoms with Crippen molar-refractivity contribution in [3.63, 3.8) is 0 Å². The molecule has 21 heavy (non-hydrogen) atoms. The van der Waals surface area contributed by atoms with E-state index in [2.05, 4.69) is 5.32 Å². The van der Waals surface area contributed by atoms with Gasteiger partial charge in [0.15, 0.2) is 17.7 Å². The van der Waals surface area contributed by atoms with E-state index in [1.165, 1.54) is 13.0 Å². The smallest absolute Gasteiger partial charge is 0.261 e. The van der Waals surface area contributed by atoms with Crippen LogP contribution >= 0.6 is 0 Å². The molecule has 1 amide bonds. The summed E-state index contributed by atoms with van der Waals surface area (Å²) in [6, 6.07) is 2.72. The molecule has 0 fully saturated rings. The van der Waals surface area contributed by atoms with Gasteiger partial charge in [-0.1, -0.05) is 13.8 Å². The third kappa shape index (κ3) is 5.67. The lowest BCUT2D eigenvalue weighted by Crippen LogP contribution is -2.44. The highest BCUT2D eigenvalue weighted by Crippen LogP contribution is 2.17. The van der Waals surface area contributed by atoms with E-state index in [1.54, 1.807) is 0 Å². The molecule has 0 spiro atoms. The molecule has 0 aliphatic carbocycles. The van der Waals surface area contributed by atoms with Gasteiger partial charge >= 0.3 is 0 Å². The second-order valence-corrected chi connectivity index (χ2v) is 5.35. The van der Waals surface area contributed by atoms with Gasteiger partial charge in [0.25, 0.3) is 5.91 Å². The number of carbonyl (C=O) groups is 1. The van der Waals surface area contributed by atoms with Crippen molar-refractivity contribution in [1.82, 2.24) is 5.32 Å². The van der Waals surface area contributed by atoms with Crippen LogP contribution in [-0.2, 0) is 4.79 Å². The van der Waals surface area contributed by atoms with Crippen LogP contribution in [0.5, 0.6) is 5.75 Å². The number of rotatable bonds is 7. The monoisotopic (exact) mass is 301 g/mol. The molecule has 2 N–H and O–H groups in total. The van der Waals surface area contributed by atoms with Crippen LogP contribution in [0.25, 0.3) is 0 Å². The third-order valence-electron chi connectivity index (χ3n) is 2.90. The zero-order valence-electron chi connectivity index (χ0n) is 12.4. The summed E-state index contributed by atoms with van der Waals surface area (Å²) in [5.41, 5.74) is 0. The van der Waals surface area contributed by atoms with Crippen molar-refractivity contribution in [3.05, 3.63) is 29.8 Å². The number of benzene rings is 1. The Morgan fingerprint density at radius 3 is 2.48 bits per heavy atom. The molecular weight excluding hydrogens is 280 g/mol. The fourth-order valence-corrected chi connectivity index (χ4v) is 1.87.